The van der Waals surface area contributed by atoms with Crippen LogP contribution in [0.3, 0.4) is 0 Å². The van der Waals surface area contributed by atoms with Gasteiger partial charge in [-0.15, -0.1) is 0 Å². The van der Waals surface area contributed by atoms with E-state index in [-0.39, 0.29) is 24.8 Å². The number of aliphatic carboxylic acids is 1. The number of hydrogen-bond donors (Lipinski definition) is 1. The molecule has 9 heteroatoms. The van der Waals surface area contributed by atoms with Crippen molar-refractivity contribution >= 4 is 21.7 Å². The lowest BCUT2D eigenvalue weighted by Gasteiger charge is -2.36. The van der Waals surface area contributed by atoms with Crippen molar-refractivity contribution in [1.82, 2.24) is 4.31 Å². The first-order valence-corrected chi connectivity index (χ1v) is 12.2. The Morgan fingerprint density at radius 3 is 2.39 bits per heavy atom. The molecule has 170 valence electrons. The molecule has 0 aliphatic carbocycles. The van der Waals surface area contributed by atoms with Crippen LogP contribution in [0.2, 0.25) is 0 Å². The monoisotopic (exact) mass is 449 g/mol. The first-order valence-electron chi connectivity index (χ1n) is 10.6. The third kappa shape index (κ3) is 6.28. The van der Waals surface area contributed by atoms with E-state index < -0.39 is 21.4 Å². The average molecular weight is 450 g/mol. The molecule has 0 spiro atoms. The van der Waals surface area contributed by atoms with E-state index in [0.717, 1.165) is 12.1 Å². The molecular formula is C22H31N3O5S. The minimum absolute atomic E-state index is 0.249. The summed E-state index contributed by atoms with van der Waals surface area (Å²) in [4.78, 5) is 17.5. The standard InChI is InChI=1S/C22H31N3O5S/c1-4-5-12-22(17(2)3,21(26)27)16-31(28,29)25-13-10-19(11-14-25)24-30-20-8-6-18(15-23)7-9-20/h6-9,17H,4-5,10-14,16H2,1-3H3,(H,26,27). The molecule has 1 N–H and O–H groups in total. The van der Waals surface area contributed by atoms with E-state index >= 15 is 0 Å². The molecular weight excluding hydrogens is 418 g/mol. The summed E-state index contributed by atoms with van der Waals surface area (Å²) in [7, 11) is -3.73. The normalized spacial score (nSPS) is 17.1. The van der Waals surface area contributed by atoms with Crippen molar-refractivity contribution in [3.8, 4) is 11.8 Å². The maximum atomic E-state index is 13.1. The van der Waals surface area contributed by atoms with Crippen molar-refractivity contribution in [2.45, 2.75) is 52.9 Å². The molecule has 0 amide bonds. The van der Waals surface area contributed by atoms with Crippen LogP contribution >= 0.6 is 0 Å². The number of nitrogens with zero attached hydrogens (tertiary/aromatic N) is 3. The number of rotatable bonds is 10. The number of unbranched alkanes of at least 4 members (excludes halogenated alkanes) is 1. The number of carboxylic acids is 1. The van der Waals surface area contributed by atoms with Gasteiger partial charge in [0, 0.05) is 25.9 Å². The van der Waals surface area contributed by atoms with E-state index in [4.69, 9.17) is 10.1 Å². The fraction of sp³-hybridized carbons (Fsp3) is 0.591. The van der Waals surface area contributed by atoms with Gasteiger partial charge >= 0.3 is 5.97 Å². The van der Waals surface area contributed by atoms with Crippen molar-refractivity contribution in [2.75, 3.05) is 18.8 Å². The summed E-state index contributed by atoms with van der Waals surface area (Å²) < 4.78 is 27.5. The second kappa shape index (κ2) is 10.7. The Kier molecular flexibility index (Phi) is 8.60. The Labute approximate surface area is 184 Å². The van der Waals surface area contributed by atoms with Crippen molar-refractivity contribution in [2.24, 2.45) is 16.5 Å². The molecule has 0 radical (unpaired) electrons. The highest BCUT2D eigenvalue weighted by Crippen LogP contribution is 2.36. The first-order chi connectivity index (χ1) is 14.6. The minimum Gasteiger partial charge on any atom is -0.481 e. The van der Waals surface area contributed by atoms with Gasteiger partial charge in [0.15, 0.2) is 5.75 Å². The molecule has 1 fully saturated rings. The van der Waals surface area contributed by atoms with Gasteiger partial charge in [0.1, 0.15) is 0 Å². The predicted molar refractivity (Wildman–Crippen MR) is 118 cm³/mol. The summed E-state index contributed by atoms with van der Waals surface area (Å²) >= 11 is 0. The fourth-order valence-electron chi connectivity index (χ4n) is 3.67. The number of sulfonamides is 1. The van der Waals surface area contributed by atoms with Crippen molar-refractivity contribution < 1.29 is 23.2 Å². The van der Waals surface area contributed by atoms with Crippen LogP contribution in [-0.2, 0) is 14.8 Å². The molecule has 0 bridgehead atoms. The van der Waals surface area contributed by atoms with Gasteiger partial charge in [-0.3, -0.25) is 4.79 Å². The van der Waals surface area contributed by atoms with Crippen LogP contribution in [0.4, 0.5) is 0 Å². The highest BCUT2D eigenvalue weighted by molar-refractivity contribution is 7.89. The van der Waals surface area contributed by atoms with Crippen molar-refractivity contribution in [1.29, 1.82) is 5.26 Å². The molecule has 2 rings (SSSR count). The Balaban J connectivity index is 2.03. The predicted octanol–water partition coefficient (Wildman–Crippen LogP) is 3.64. The molecule has 1 aliphatic rings. The molecule has 1 aromatic carbocycles. The lowest BCUT2D eigenvalue weighted by Crippen LogP contribution is -2.48. The lowest BCUT2D eigenvalue weighted by atomic mass is 9.75. The quantitative estimate of drug-likeness (QED) is 0.545. The van der Waals surface area contributed by atoms with Crippen LogP contribution in [0, 0.1) is 22.7 Å². The van der Waals surface area contributed by atoms with Crippen LogP contribution in [-0.4, -0.2) is 48.4 Å². The molecule has 0 aromatic heterocycles. The van der Waals surface area contributed by atoms with Gasteiger partial charge in [-0.2, -0.15) is 5.26 Å². The number of hydrogen-bond acceptors (Lipinski definition) is 6. The summed E-state index contributed by atoms with van der Waals surface area (Å²) in [6, 6.07) is 8.59. The van der Waals surface area contributed by atoms with Gasteiger partial charge in [-0.1, -0.05) is 38.8 Å². The SMILES string of the molecule is CCCCC(CS(=O)(=O)N1CCC(=NOc2ccc(C#N)cc2)CC1)(C(=O)O)C(C)C. The topological polar surface area (TPSA) is 120 Å². The number of piperidine rings is 1. The van der Waals surface area contributed by atoms with Crippen LogP contribution in [0.15, 0.2) is 29.4 Å². The average Bonchev–Trinajstić information content (AvgIpc) is 2.75. The highest BCUT2D eigenvalue weighted by atomic mass is 32.2. The van der Waals surface area contributed by atoms with Crippen LogP contribution in [0.25, 0.3) is 0 Å². The Bertz CT molecular complexity index is 925. The van der Waals surface area contributed by atoms with Gasteiger partial charge in [-0.05, 0) is 36.6 Å². The number of nitriles is 1. The van der Waals surface area contributed by atoms with Gasteiger partial charge < -0.3 is 9.94 Å². The summed E-state index contributed by atoms with van der Waals surface area (Å²) in [6.07, 6.45) is 2.67. The van der Waals surface area contributed by atoms with Gasteiger partial charge in [0.05, 0.1) is 28.5 Å². The highest BCUT2D eigenvalue weighted by Gasteiger charge is 2.46. The van der Waals surface area contributed by atoms with E-state index in [1.807, 2.05) is 13.0 Å². The second-order valence-corrected chi connectivity index (χ2v) is 10.2. The van der Waals surface area contributed by atoms with E-state index in [2.05, 4.69) is 5.16 Å². The van der Waals surface area contributed by atoms with Crippen molar-refractivity contribution in [3.05, 3.63) is 29.8 Å². The smallest absolute Gasteiger partial charge is 0.310 e. The van der Waals surface area contributed by atoms with Crippen molar-refractivity contribution in [3.63, 3.8) is 0 Å². The molecule has 31 heavy (non-hydrogen) atoms. The second-order valence-electron chi connectivity index (χ2n) is 8.26. The van der Waals surface area contributed by atoms with E-state index in [1.54, 1.807) is 38.1 Å². The van der Waals surface area contributed by atoms with Crippen LogP contribution in [0.5, 0.6) is 5.75 Å². The Hall–Kier alpha value is -2.44. The molecule has 8 nitrogen and oxygen atoms in total. The number of carboxylic acid groups (broad SMARTS) is 1. The third-order valence-electron chi connectivity index (χ3n) is 5.90. The largest absolute Gasteiger partial charge is 0.481 e. The zero-order valence-corrected chi connectivity index (χ0v) is 19.2. The number of carbonyl (C=O) groups is 1. The van der Waals surface area contributed by atoms with Gasteiger partial charge in [0.2, 0.25) is 10.0 Å². The zero-order chi connectivity index (χ0) is 23.1. The van der Waals surface area contributed by atoms with E-state index in [0.29, 0.717) is 37.0 Å². The summed E-state index contributed by atoms with van der Waals surface area (Å²) in [5, 5.41) is 22.8. The Morgan fingerprint density at radius 2 is 1.90 bits per heavy atom. The van der Waals surface area contributed by atoms with Gasteiger partial charge in [-0.25, -0.2) is 12.7 Å². The molecule has 1 aromatic rings. The van der Waals surface area contributed by atoms with Gasteiger partial charge in [0.25, 0.3) is 0 Å². The minimum atomic E-state index is -3.73. The molecule has 1 heterocycles. The molecule has 1 aliphatic heterocycles. The number of benzene rings is 1. The first kappa shape index (κ1) is 24.8. The molecule has 1 unspecified atom stereocenters. The fourth-order valence-corrected chi connectivity index (χ4v) is 5.85. The van der Waals surface area contributed by atoms with E-state index in [1.165, 1.54) is 4.31 Å². The van der Waals surface area contributed by atoms with E-state index in [9.17, 15) is 18.3 Å². The lowest BCUT2D eigenvalue weighted by molar-refractivity contribution is -0.151. The summed E-state index contributed by atoms with van der Waals surface area (Å²) in [6.45, 7) is 6.02. The number of oxime groups is 1. The van der Waals surface area contributed by atoms with Crippen LogP contribution in [0.1, 0.15) is 58.4 Å². The molecule has 1 atom stereocenters. The third-order valence-corrected chi connectivity index (χ3v) is 7.94. The maximum Gasteiger partial charge on any atom is 0.310 e. The van der Waals surface area contributed by atoms with Crippen LogP contribution < -0.4 is 4.84 Å². The molecule has 0 saturated carbocycles. The maximum absolute atomic E-state index is 13.1. The molecule has 1 saturated heterocycles. The zero-order valence-electron chi connectivity index (χ0n) is 18.4. The summed E-state index contributed by atoms with van der Waals surface area (Å²) in [5.41, 5.74) is -0.0199. The Morgan fingerprint density at radius 1 is 1.29 bits per heavy atom. The summed E-state index contributed by atoms with van der Waals surface area (Å²) in [5.74, 6) is -1.23.